The maximum atomic E-state index is 11.6. The first-order chi connectivity index (χ1) is 14.4. The molecule has 0 aliphatic carbocycles. The van der Waals surface area contributed by atoms with E-state index in [4.69, 9.17) is 9.88 Å². The molecule has 1 aromatic heterocycles. The lowest BCUT2D eigenvalue weighted by atomic mass is 10.1. The van der Waals surface area contributed by atoms with Gasteiger partial charge in [0.1, 0.15) is 5.75 Å². The number of ether oxygens (including phenoxy) is 1. The minimum absolute atomic E-state index is 0.396. The van der Waals surface area contributed by atoms with Gasteiger partial charge in [-0.3, -0.25) is 4.90 Å². The Balaban J connectivity index is 1.68. The van der Waals surface area contributed by atoms with Crippen LogP contribution >= 0.6 is 0 Å². The molecule has 0 spiro atoms. The fourth-order valence-electron chi connectivity index (χ4n) is 4.49. The first kappa shape index (κ1) is 23.1. The largest absolute Gasteiger partial charge is 0.497 e. The monoisotopic (exact) mass is 435 g/mol. The molecule has 0 radical (unpaired) electrons. The summed E-state index contributed by atoms with van der Waals surface area (Å²) in [7, 11) is -1.72. The molecule has 1 aliphatic heterocycles. The van der Waals surface area contributed by atoms with Gasteiger partial charge in [0.2, 0.25) is 10.0 Å². The summed E-state index contributed by atoms with van der Waals surface area (Å²) in [6.07, 6.45) is 11.2. The Morgan fingerprint density at radius 3 is 2.47 bits per heavy atom. The normalized spacial score (nSPS) is 16.4. The van der Waals surface area contributed by atoms with Crippen LogP contribution in [0.2, 0.25) is 0 Å². The second-order valence-corrected chi connectivity index (χ2v) is 10.4. The molecule has 6 nitrogen and oxygen atoms in total. The van der Waals surface area contributed by atoms with E-state index in [1.807, 2.05) is 6.07 Å². The number of aromatic nitrogens is 1. The molecular weight excluding hydrogens is 398 g/mol. The number of piperidine rings is 1. The molecule has 1 saturated heterocycles. The van der Waals surface area contributed by atoms with Crippen molar-refractivity contribution in [2.75, 3.05) is 20.2 Å². The summed E-state index contributed by atoms with van der Waals surface area (Å²) in [5.74, 6) is 0.880. The van der Waals surface area contributed by atoms with Crippen LogP contribution in [0, 0.1) is 0 Å². The lowest BCUT2D eigenvalue weighted by Crippen LogP contribution is -2.41. The van der Waals surface area contributed by atoms with Gasteiger partial charge in [-0.25, -0.2) is 13.6 Å². The Kier molecular flexibility index (Phi) is 8.20. The Morgan fingerprint density at radius 1 is 1.10 bits per heavy atom. The highest BCUT2D eigenvalue weighted by atomic mass is 32.2. The maximum absolute atomic E-state index is 11.6. The van der Waals surface area contributed by atoms with E-state index >= 15 is 0 Å². The van der Waals surface area contributed by atoms with Crippen LogP contribution < -0.4 is 9.88 Å². The maximum Gasteiger partial charge on any atom is 0.212 e. The number of rotatable bonds is 11. The lowest BCUT2D eigenvalue weighted by molar-refractivity contribution is 0.222. The van der Waals surface area contributed by atoms with E-state index in [1.54, 1.807) is 7.11 Å². The predicted octanol–water partition coefficient (Wildman–Crippen LogP) is 4.26. The molecule has 2 aromatic rings. The number of fused-ring (bicyclic) bond motifs is 1. The highest BCUT2D eigenvalue weighted by Gasteiger charge is 2.27. The zero-order valence-electron chi connectivity index (χ0n) is 18.5. The average Bonchev–Trinajstić information content (AvgIpc) is 3.07. The van der Waals surface area contributed by atoms with Gasteiger partial charge in [-0.1, -0.05) is 39.0 Å². The number of hydrogen-bond acceptors (Lipinski definition) is 4. The number of nitrogens with two attached hydrogens (primary N) is 1. The van der Waals surface area contributed by atoms with Crippen molar-refractivity contribution in [1.82, 2.24) is 9.47 Å². The van der Waals surface area contributed by atoms with Crippen molar-refractivity contribution >= 4 is 20.9 Å². The molecule has 30 heavy (non-hydrogen) atoms. The quantitative estimate of drug-likeness (QED) is 0.535. The highest BCUT2D eigenvalue weighted by Crippen LogP contribution is 2.28. The minimum Gasteiger partial charge on any atom is -0.497 e. The van der Waals surface area contributed by atoms with E-state index in [1.165, 1.54) is 55.0 Å². The summed E-state index contributed by atoms with van der Waals surface area (Å²) in [4.78, 5) is 2.34. The molecule has 0 saturated carbocycles. The molecule has 2 N–H and O–H groups in total. The predicted molar refractivity (Wildman–Crippen MR) is 123 cm³/mol. The van der Waals surface area contributed by atoms with E-state index < -0.39 is 15.3 Å². The summed E-state index contributed by atoms with van der Waals surface area (Å²) >= 11 is 0. The van der Waals surface area contributed by atoms with Crippen LogP contribution in [0.3, 0.4) is 0 Å². The first-order valence-electron chi connectivity index (χ1n) is 11.3. The zero-order valence-corrected chi connectivity index (χ0v) is 19.3. The Bertz CT molecular complexity index is 915. The molecule has 1 aliphatic rings. The third-order valence-corrected chi connectivity index (χ3v) is 7.72. The highest BCUT2D eigenvalue weighted by molar-refractivity contribution is 7.89. The summed E-state index contributed by atoms with van der Waals surface area (Å²) in [5, 5.41) is 6.20. The second-order valence-electron chi connectivity index (χ2n) is 8.56. The summed E-state index contributed by atoms with van der Waals surface area (Å²) in [5.41, 5.74) is 2.52. The lowest BCUT2D eigenvalue weighted by Gasteiger charge is -2.30. The van der Waals surface area contributed by atoms with Crippen LogP contribution in [0.15, 0.2) is 24.4 Å². The smallest absolute Gasteiger partial charge is 0.212 e. The third kappa shape index (κ3) is 5.99. The molecule has 0 atom stereocenters. The standard InChI is InChI=1S/C23H37N3O3S/c1-3-4-5-6-7-8-13-26-18-19(22-10-9-20(29-2)16-23(22)26)17-25-14-11-21(12-15-25)30(24,27)28/h9-10,16,18,21H,3-8,11-15,17H2,1-2H3,(H2,24,27,28). The second kappa shape index (κ2) is 10.6. The van der Waals surface area contributed by atoms with Gasteiger partial charge in [0.25, 0.3) is 0 Å². The van der Waals surface area contributed by atoms with Gasteiger partial charge in [0.15, 0.2) is 0 Å². The van der Waals surface area contributed by atoms with Gasteiger partial charge >= 0.3 is 0 Å². The van der Waals surface area contributed by atoms with Crippen molar-refractivity contribution in [3.8, 4) is 5.75 Å². The Morgan fingerprint density at radius 2 is 1.80 bits per heavy atom. The fraction of sp³-hybridized carbons (Fsp3) is 0.652. The van der Waals surface area contributed by atoms with E-state index in [-0.39, 0.29) is 0 Å². The first-order valence-corrected chi connectivity index (χ1v) is 12.9. The fourth-order valence-corrected chi connectivity index (χ4v) is 5.35. The number of sulfonamides is 1. The number of likely N-dealkylation sites (tertiary alicyclic amines) is 1. The van der Waals surface area contributed by atoms with Crippen molar-refractivity contribution in [3.63, 3.8) is 0 Å². The van der Waals surface area contributed by atoms with Crippen LogP contribution in [0.5, 0.6) is 5.75 Å². The number of hydrogen-bond donors (Lipinski definition) is 1. The summed E-state index contributed by atoms with van der Waals surface area (Å²) in [6.45, 7) is 5.63. The number of unbranched alkanes of at least 4 members (excludes halogenated alkanes) is 5. The van der Waals surface area contributed by atoms with Crippen molar-refractivity contribution in [3.05, 3.63) is 30.0 Å². The molecule has 0 amide bonds. The van der Waals surface area contributed by atoms with Crippen LogP contribution in [-0.4, -0.2) is 43.3 Å². The topological polar surface area (TPSA) is 77.6 Å². The summed E-state index contributed by atoms with van der Waals surface area (Å²) in [6, 6.07) is 6.30. The number of aryl methyl sites for hydroxylation is 1. The molecule has 7 heteroatoms. The zero-order chi connectivity index (χ0) is 21.6. The molecule has 168 valence electrons. The summed E-state index contributed by atoms with van der Waals surface area (Å²) < 4.78 is 31.1. The molecule has 3 rings (SSSR count). The van der Waals surface area contributed by atoms with E-state index in [0.29, 0.717) is 12.8 Å². The minimum atomic E-state index is -3.42. The van der Waals surface area contributed by atoms with Crippen molar-refractivity contribution in [2.24, 2.45) is 5.14 Å². The number of benzene rings is 1. The molecule has 1 aromatic carbocycles. The number of nitrogens with zero attached hydrogens (tertiary/aromatic N) is 2. The molecule has 1 fully saturated rings. The Hall–Kier alpha value is -1.57. The van der Waals surface area contributed by atoms with Gasteiger partial charge in [0.05, 0.1) is 17.9 Å². The molecule has 2 heterocycles. The van der Waals surface area contributed by atoms with Crippen LogP contribution in [0.25, 0.3) is 10.9 Å². The van der Waals surface area contributed by atoms with E-state index in [2.05, 4.69) is 34.7 Å². The van der Waals surface area contributed by atoms with E-state index in [0.717, 1.165) is 31.9 Å². The SMILES string of the molecule is CCCCCCCCn1cc(CN2CCC(S(N)(=O)=O)CC2)c2ccc(OC)cc21. The van der Waals surface area contributed by atoms with Crippen molar-refractivity contribution < 1.29 is 13.2 Å². The van der Waals surface area contributed by atoms with Gasteiger partial charge in [-0.05, 0) is 50.0 Å². The van der Waals surface area contributed by atoms with Crippen molar-refractivity contribution in [1.29, 1.82) is 0 Å². The van der Waals surface area contributed by atoms with Crippen molar-refractivity contribution in [2.45, 2.75) is 76.6 Å². The molecule has 0 unspecified atom stereocenters. The average molecular weight is 436 g/mol. The number of primary sulfonamides is 1. The van der Waals surface area contributed by atoms with Gasteiger partial charge in [0, 0.05) is 30.7 Å². The van der Waals surface area contributed by atoms with Crippen LogP contribution in [0.1, 0.15) is 63.9 Å². The molecular formula is C23H37N3O3S. The van der Waals surface area contributed by atoms with E-state index in [9.17, 15) is 8.42 Å². The van der Waals surface area contributed by atoms with Gasteiger partial charge < -0.3 is 9.30 Å². The Labute approximate surface area is 181 Å². The van der Waals surface area contributed by atoms with Crippen LogP contribution in [-0.2, 0) is 23.1 Å². The molecule has 0 bridgehead atoms. The number of methoxy groups -OCH3 is 1. The van der Waals surface area contributed by atoms with Gasteiger partial charge in [-0.15, -0.1) is 0 Å². The van der Waals surface area contributed by atoms with Crippen LogP contribution in [0.4, 0.5) is 0 Å². The van der Waals surface area contributed by atoms with Gasteiger partial charge in [-0.2, -0.15) is 0 Å². The third-order valence-electron chi connectivity index (χ3n) is 6.32.